The number of ketones is 1. The molecule has 3 aromatic carbocycles. The molecule has 0 saturated carbocycles. The van der Waals surface area contributed by atoms with Crippen molar-refractivity contribution < 1.29 is 28.9 Å². The second-order valence-corrected chi connectivity index (χ2v) is 9.78. The van der Waals surface area contributed by atoms with Gasteiger partial charge in [0.15, 0.2) is 11.5 Å². The van der Waals surface area contributed by atoms with Gasteiger partial charge in [-0.3, -0.25) is 14.5 Å². The minimum Gasteiger partial charge on any atom is -0.507 e. The number of amides is 1. The molecule has 192 valence electrons. The Labute approximate surface area is 216 Å². The van der Waals surface area contributed by atoms with Crippen molar-refractivity contribution in [3.05, 3.63) is 89.0 Å². The third-order valence-electron chi connectivity index (χ3n) is 6.55. The van der Waals surface area contributed by atoms with Crippen LogP contribution in [0.15, 0.2) is 72.3 Å². The van der Waals surface area contributed by atoms with E-state index in [9.17, 15) is 14.7 Å². The zero-order chi connectivity index (χ0) is 26.9. The summed E-state index contributed by atoms with van der Waals surface area (Å²) in [6, 6.07) is 18.6. The van der Waals surface area contributed by atoms with Gasteiger partial charge >= 0.3 is 0 Å². The van der Waals surface area contributed by atoms with E-state index in [2.05, 4.69) is 20.8 Å². The molecule has 0 aliphatic carbocycles. The molecule has 0 radical (unpaired) electrons. The molecule has 1 aliphatic heterocycles. The lowest BCUT2D eigenvalue weighted by Gasteiger charge is -2.27. The van der Waals surface area contributed by atoms with Gasteiger partial charge in [-0.1, -0.05) is 51.1 Å². The van der Waals surface area contributed by atoms with Crippen molar-refractivity contribution >= 4 is 23.1 Å². The Kier molecular flexibility index (Phi) is 6.99. The lowest BCUT2D eigenvalue weighted by molar-refractivity contribution is -0.132. The quantitative estimate of drug-likeness (QED) is 0.267. The summed E-state index contributed by atoms with van der Waals surface area (Å²) in [6.45, 7) is 6.31. The summed E-state index contributed by atoms with van der Waals surface area (Å²) in [5.74, 6) is -0.496. The molecule has 1 saturated heterocycles. The Morgan fingerprint density at radius 1 is 0.811 bits per heavy atom. The first-order valence-corrected chi connectivity index (χ1v) is 11.9. The molecule has 37 heavy (non-hydrogen) atoms. The third kappa shape index (κ3) is 4.65. The molecule has 0 bridgehead atoms. The predicted molar refractivity (Wildman–Crippen MR) is 142 cm³/mol. The normalized spacial score (nSPS) is 17.1. The van der Waals surface area contributed by atoms with Crippen LogP contribution in [0.5, 0.6) is 17.2 Å². The number of nitrogens with zero attached hydrogens (tertiary/aromatic N) is 1. The summed E-state index contributed by atoms with van der Waals surface area (Å²) in [6.07, 6.45) is 0. The van der Waals surface area contributed by atoms with E-state index in [-0.39, 0.29) is 16.7 Å². The van der Waals surface area contributed by atoms with E-state index in [1.807, 2.05) is 24.3 Å². The number of aliphatic hydroxyl groups excluding tert-OH is 1. The van der Waals surface area contributed by atoms with Gasteiger partial charge in [-0.25, -0.2) is 0 Å². The van der Waals surface area contributed by atoms with Crippen LogP contribution in [0.3, 0.4) is 0 Å². The average molecular weight is 502 g/mol. The molecule has 1 N–H and O–H groups in total. The van der Waals surface area contributed by atoms with Gasteiger partial charge in [-0.15, -0.1) is 0 Å². The van der Waals surface area contributed by atoms with E-state index in [4.69, 9.17) is 14.2 Å². The minimum atomic E-state index is -0.912. The first-order chi connectivity index (χ1) is 17.6. The first-order valence-electron chi connectivity index (χ1n) is 11.9. The van der Waals surface area contributed by atoms with Crippen LogP contribution in [0.4, 0.5) is 5.69 Å². The zero-order valence-electron chi connectivity index (χ0n) is 21.9. The van der Waals surface area contributed by atoms with Gasteiger partial charge in [0.05, 0.1) is 32.9 Å². The van der Waals surface area contributed by atoms with E-state index in [1.54, 1.807) is 42.5 Å². The maximum atomic E-state index is 13.5. The number of aliphatic hydroxyl groups is 1. The van der Waals surface area contributed by atoms with Crippen LogP contribution in [0.2, 0.25) is 0 Å². The number of ether oxygens (including phenoxy) is 3. The summed E-state index contributed by atoms with van der Waals surface area (Å²) in [7, 11) is 4.52. The van der Waals surface area contributed by atoms with Crippen molar-refractivity contribution in [2.45, 2.75) is 32.2 Å². The van der Waals surface area contributed by atoms with Gasteiger partial charge in [-0.2, -0.15) is 0 Å². The summed E-state index contributed by atoms with van der Waals surface area (Å²) in [5, 5.41) is 11.4. The van der Waals surface area contributed by atoms with Crippen molar-refractivity contribution in [1.29, 1.82) is 0 Å². The van der Waals surface area contributed by atoms with Crippen LogP contribution >= 0.6 is 0 Å². The fourth-order valence-corrected chi connectivity index (χ4v) is 4.55. The molecule has 7 nitrogen and oxygen atoms in total. The van der Waals surface area contributed by atoms with E-state index < -0.39 is 17.7 Å². The molecule has 1 amide bonds. The Morgan fingerprint density at radius 3 is 2.03 bits per heavy atom. The summed E-state index contributed by atoms with van der Waals surface area (Å²) >= 11 is 0. The zero-order valence-corrected chi connectivity index (χ0v) is 21.9. The molecule has 1 fully saturated rings. The number of hydrogen-bond acceptors (Lipinski definition) is 6. The van der Waals surface area contributed by atoms with Crippen molar-refractivity contribution in [3.8, 4) is 17.2 Å². The molecule has 0 spiro atoms. The Morgan fingerprint density at radius 2 is 1.43 bits per heavy atom. The van der Waals surface area contributed by atoms with Crippen LogP contribution in [-0.2, 0) is 15.0 Å². The number of carbonyl (C=O) groups is 2. The number of benzene rings is 3. The standard InChI is InChI=1S/C30H31NO6/c1-30(2,3)19-12-14-20(15-13-19)31-26(21-9-7-8-10-22(21)35-4)25(28(33)29(31)34)27(32)18-11-16-23(36-5)24(17-18)37-6/h7-17,26,32H,1-6H3/b27-25+. The summed E-state index contributed by atoms with van der Waals surface area (Å²) < 4.78 is 16.3. The Balaban J connectivity index is 1.95. The van der Waals surface area contributed by atoms with Crippen LogP contribution in [0, 0.1) is 0 Å². The van der Waals surface area contributed by atoms with Crippen LogP contribution in [-0.4, -0.2) is 38.1 Å². The highest BCUT2D eigenvalue weighted by molar-refractivity contribution is 6.51. The molecule has 1 atom stereocenters. The van der Waals surface area contributed by atoms with Gasteiger partial charge in [0.1, 0.15) is 11.5 Å². The molecule has 3 aromatic rings. The molecular formula is C30H31NO6. The Bertz CT molecular complexity index is 1370. The highest BCUT2D eigenvalue weighted by Crippen LogP contribution is 2.45. The molecular weight excluding hydrogens is 470 g/mol. The number of hydrogen-bond donors (Lipinski definition) is 1. The smallest absolute Gasteiger partial charge is 0.300 e. The van der Waals surface area contributed by atoms with Gasteiger partial charge in [0.25, 0.3) is 11.7 Å². The second kappa shape index (κ2) is 10.0. The maximum Gasteiger partial charge on any atom is 0.300 e. The van der Waals surface area contributed by atoms with Gasteiger partial charge < -0.3 is 19.3 Å². The number of rotatable bonds is 6. The summed E-state index contributed by atoms with van der Waals surface area (Å²) in [4.78, 5) is 28.4. The predicted octanol–water partition coefficient (Wildman–Crippen LogP) is 5.64. The van der Waals surface area contributed by atoms with Crippen molar-refractivity contribution in [2.75, 3.05) is 26.2 Å². The average Bonchev–Trinajstić information content (AvgIpc) is 3.17. The maximum absolute atomic E-state index is 13.5. The minimum absolute atomic E-state index is 0.0402. The molecule has 1 unspecified atom stereocenters. The molecule has 7 heteroatoms. The molecule has 1 aliphatic rings. The van der Waals surface area contributed by atoms with E-state index in [1.165, 1.54) is 26.2 Å². The van der Waals surface area contributed by atoms with E-state index in [0.29, 0.717) is 34.1 Å². The highest BCUT2D eigenvalue weighted by atomic mass is 16.5. The van der Waals surface area contributed by atoms with Crippen LogP contribution < -0.4 is 19.1 Å². The fraction of sp³-hybridized carbons (Fsp3) is 0.267. The largest absolute Gasteiger partial charge is 0.507 e. The SMILES string of the molecule is COc1ccc(/C(O)=C2\C(=O)C(=O)N(c3ccc(C(C)(C)C)cc3)C2c2ccccc2OC)cc1OC. The van der Waals surface area contributed by atoms with Gasteiger partial charge in [0, 0.05) is 16.8 Å². The lowest BCUT2D eigenvalue weighted by Crippen LogP contribution is -2.29. The van der Waals surface area contributed by atoms with Gasteiger partial charge in [0.2, 0.25) is 0 Å². The molecule has 0 aromatic heterocycles. The number of para-hydroxylation sites is 1. The topological polar surface area (TPSA) is 85.3 Å². The van der Waals surface area contributed by atoms with Crippen LogP contribution in [0.25, 0.3) is 5.76 Å². The van der Waals surface area contributed by atoms with Crippen molar-refractivity contribution in [3.63, 3.8) is 0 Å². The highest BCUT2D eigenvalue weighted by Gasteiger charge is 2.48. The number of carbonyl (C=O) groups excluding carboxylic acids is 2. The summed E-state index contributed by atoms with van der Waals surface area (Å²) in [5.41, 5.74) is 2.40. The van der Waals surface area contributed by atoms with Crippen molar-refractivity contribution in [1.82, 2.24) is 0 Å². The van der Waals surface area contributed by atoms with E-state index >= 15 is 0 Å². The first kappa shape index (κ1) is 25.8. The molecule has 4 rings (SSSR count). The second-order valence-electron chi connectivity index (χ2n) is 9.78. The number of methoxy groups -OCH3 is 3. The van der Waals surface area contributed by atoms with E-state index in [0.717, 1.165) is 5.56 Å². The van der Waals surface area contributed by atoms with Crippen LogP contribution in [0.1, 0.15) is 43.5 Å². The van der Waals surface area contributed by atoms with Crippen molar-refractivity contribution in [2.24, 2.45) is 0 Å². The molecule has 1 heterocycles. The fourth-order valence-electron chi connectivity index (χ4n) is 4.55. The third-order valence-corrected chi connectivity index (χ3v) is 6.55. The monoisotopic (exact) mass is 501 g/mol. The number of Topliss-reactive ketones (excluding diaryl/α,β-unsaturated/α-hetero) is 1. The number of anilines is 1. The lowest BCUT2D eigenvalue weighted by atomic mass is 9.87. The van der Waals surface area contributed by atoms with Gasteiger partial charge in [-0.05, 0) is 47.4 Å². The Hall–Kier alpha value is -4.26.